The van der Waals surface area contributed by atoms with Crippen LogP contribution >= 0.6 is 0 Å². The van der Waals surface area contributed by atoms with Crippen molar-refractivity contribution in [2.45, 2.75) is 9.79 Å². The first kappa shape index (κ1) is 27.0. The van der Waals surface area contributed by atoms with E-state index in [-0.39, 0.29) is 81.1 Å². The second-order valence-corrected chi connectivity index (χ2v) is 8.60. The third kappa shape index (κ3) is 5.82. The van der Waals surface area contributed by atoms with Gasteiger partial charge in [0.15, 0.2) is 0 Å². The van der Waals surface area contributed by atoms with Gasteiger partial charge in [0, 0.05) is 81.1 Å². The summed E-state index contributed by atoms with van der Waals surface area (Å²) in [6.07, 6.45) is 0. The van der Waals surface area contributed by atoms with Gasteiger partial charge in [-0.3, -0.25) is 13.9 Å². The molecule has 0 fully saturated rings. The number of amides is 1. The van der Waals surface area contributed by atoms with Gasteiger partial charge < -0.3 is 11.1 Å². The van der Waals surface area contributed by atoms with Crippen molar-refractivity contribution >= 4 is 107 Å². The number of hydrogen-bond donors (Lipinski definition) is 4. The Bertz CT molecular complexity index is 1330. The number of nitrogen functional groups attached to an aromatic ring is 1. The molecule has 13 heteroatoms. The summed E-state index contributed by atoms with van der Waals surface area (Å²) in [6, 6.07) is 11.6. The van der Waals surface area contributed by atoms with E-state index in [0.29, 0.717) is 5.69 Å². The van der Waals surface area contributed by atoms with E-state index in [1.807, 2.05) is 0 Å². The van der Waals surface area contributed by atoms with E-state index in [9.17, 15) is 30.7 Å². The summed E-state index contributed by atoms with van der Waals surface area (Å²) < 4.78 is 65.8. The Kier molecular flexibility index (Phi) is 9.09. The minimum absolute atomic E-state index is 0. The van der Waals surface area contributed by atoms with Crippen LogP contribution in [0.25, 0.3) is 10.8 Å². The normalized spacial score (nSPS) is 11.3. The van der Waals surface area contributed by atoms with E-state index in [0.717, 1.165) is 18.2 Å². The Hall–Kier alpha value is -0.990. The molecule has 3 rings (SSSR count). The summed E-state index contributed by atoms with van der Waals surface area (Å²) >= 11 is 0. The molecule has 0 heterocycles. The zero-order valence-electron chi connectivity index (χ0n) is 16.0. The number of carbonyl (C=O) groups excluding carboxylic acids is 1. The van der Waals surface area contributed by atoms with Crippen LogP contribution in [-0.4, -0.2) is 91.0 Å². The molecule has 0 spiro atoms. The van der Waals surface area contributed by atoms with Crippen molar-refractivity contribution in [3.05, 3.63) is 60.2 Å². The molecule has 148 valence electrons. The molecular weight excluding hydrogens is 454 g/mol. The van der Waals surface area contributed by atoms with Crippen molar-refractivity contribution in [2.75, 3.05) is 11.1 Å². The molecule has 0 aliphatic heterocycles. The Morgan fingerprint density at radius 1 is 0.833 bits per heavy atom. The number of anilines is 2. The van der Waals surface area contributed by atoms with Crippen LogP contribution in [-0.2, 0) is 20.2 Å². The molecule has 0 aliphatic rings. The van der Waals surface area contributed by atoms with Gasteiger partial charge in [0.25, 0.3) is 26.1 Å². The van der Waals surface area contributed by atoms with Gasteiger partial charge in [-0.1, -0.05) is 18.2 Å². The van der Waals surface area contributed by atoms with Crippen LogP contribution in [0.1, 0.15) is 10.4 Å². The fraction of sp³-hybridized carbons (Fsp3) is 0. The molecule has 2 radical (unpaired) electrons. The molecule has 30 heavy (non-hydrogen) atoms. The minimum Gasteiger partial charge on any atom is -0.399 e. The van der Waals surface area contributed by atoms with Crippen LogP contribution in [0.4, 0.5) is 11.4 Å². The molecule has 0 saturated heterocycles. The molecule has 0 aromatic heterocycles. The van der Waals surface area contributed by atoms with Crippen LogP contribution in [0.15, 0.2) is 64.4 Å². The van der Waals surface area contributed by atoms with E-state index in [4.69, 9.17) is 5.73 Å². The van der Waals surface area contributed by atoms with Crippen LogP contribution in [0, 0.1) is 0 Å². The summed E-state index contributed by atoms with van der Waals surface area (Å²) in [5.74, 6) is -0.640. The van der Waals surface area contributed by atoms with Gasteiger partial charge >= 0.3 is 0 Å². The Morgan fingerprint density at radius 3 is 2.00 bits per heavy atom. The van der Waals surface area contributed by atoms with Gasteiger partial charge in [-0.15, -0.1) is 0 Å². The number of nitrogens with one attached hydrogen (secondary N) is 1. The maximum Gasteiger partial charge on any atom is 0.295 e. The molecule has 0 aliphatic carbocycles. The quantitative estimate of drug-likeness (QED) is 0.254. The molecule has 0 unspecified atom stereocenters. The van der Waals surface area contributed by atoms with Gasteiger partial charge in [-0.25, -0.2) is 0 Å². The molecule has 0 saturated carbocycles. The Balaban J connectivity index is 0.00000225. The topological polar surface area (TPSA) is 164 Å². The van der Waals surface area contributed by atoms with Crippen LogP contribution in [0.5, 0.6) is 0 Å². The largest absolute Gasteiger partial charge is 0.399 e. The van der Waals surface area contributed by atoms with Crippen molar-refractivity contribution in [1.82, 2.24) is 0 Å². The van der Waals surface area contributed by atoms with E-state index in [2.05, 4.69) is 5.32 Å². The average molecular weight is 468 g/mol. The smallest absolute Gasteiger partial charge is 0.295 e. The SMILES string of the molecule is Nc1cccc(C(=O)Nc2ccc(S(=O)(=O)O)c3cccc(S(=O)(=O)O)c23)c1.[Na].[Na]. The first-order valence-electron chi connectivity index (χ1n) is 7.66. The fourth-order valence-electron chi connectivity index (χ4n) is 2.76. The first-order valence-corrected chi connectivity index (χ1v) is 10.5. The Labute approximate surface area is 217 Å². The van der Waals surface area contributed by atoms with Crippen LogP contribution in [0.2, 0.25) is 0 Å². The zero-order valence-corrected chi connectivity index (χ0v) is 21.7. The number of rotatable bonds is 4. The average Bonchev–Trinajstić information content (AvgIpc) is 2.59. The molecule has 3 aromatic rings. The number of hydrogen-bond acceptors (Lipinski definition) is 6. The summed E-state index contributed by atoms with van der Waals surface area (Å²) in [6.45, 7) is 0. The van der Waals surface area contributed by atoms with E-state index in [1.165, 1.54) is 24.3 Å². The molecular formula is C17H14N2Na2O7S2. The predicted molar refractivity (Wildman–Crippen MR) is 114 cm³/mol. The summed E-state index contributed by atoms with van der Waals surface area (Å²) in [5, 5.41) is 2.02. The molecule has 0 atom stereocenters. The third-order valence-electron chi connectivity index (χ3n) is 3.92. The van der Waals surface area contributed by atoms with Gasteiger partial charge in [0.2, 0.25) is 0 Å². The van der Waals surface area contributed by atoms with Crippen molar-refractivity contribution in [2.24, 2.45) is 0 Å². The third-order valence-corrected chi connectivity index (χ3v) is 5.72. The molecule has 9 nitrogen and oxygen atoms in total. The number of benzene rings is 3. The van der Waals surface area contributed by atoms with Crippen molar-refractivity contribution in [3.8, 4) is 0 Å². The van der Waals surface area contributed by atoms with Crippen LogP contribution in [0.3, 0.4) is 0 Å². The predicted octanol–water partition coefficient (Wildman–Crippen LogP) is 1.41. The maximum atomic E-state index is 12.5. The minimum atomic E-state index is -4.77. The monoisotopic (exact) mass is 468 g/mol. The number of fused-ring (bicyclic) bond motifs is 1. The van der Waals surface area contributed by atoms with Gasteiger partial charge in [-0.05, 0) is 36.4 Å². The zero-order chi connectivity index (χ0) is 20.7. The second kappa shape index (κ2) is 10.1. The van der Waals surface area contributed by atoms with E-state index in [1.54, 1.807) is 12.1 Å². The molecule has 1 amide bonds. The van der Waals surface area contributed by atoms with Crippen LogP contribution < -0.4 is 11.1 Å². The van der Waals surface area contributed by atoms with Crippen molar-refractivity contribution < 1.29 is 30.7 Å². The van der Waals surface area contributed by atoms with Crippen molar-refractivity contribution in [3.63, 3.8) is 0 Å². The number of nitrogens with two attached hydrogens (primary N) is 1. The fourth-order valence-corrected chi connectivity index (χ4v) is 4.18. The summed E-state index contributed by atoms with van der Waals surface area (Å²) in [5.41, 5.74) is 6.07. The van der Waals surface area contributed by atoms with Gasteiger partial charge in [-0.2, -0.15) is 16.8 Å². The summed E-state index contributed by atoms with van der Waals surface area (Å²) in [4.78, 5) is 11.3. The first-order chi connectivity index (χ1) is 13.0. The number of carbonyl (C=O) groups is 1. The maximum absolute atomic E-state index is 12.5. The van der Waals surface area contributed by atoms with Gasteiger partial charge in [0.05, 0.1) is 5.69 Å². The van der Waals surface area contributed by atoms with Crippen molar-refractivity contribution in [1.29, 1.82) is 0 Å². The molecule has 3 aromatic carbocycles. The Morgan fingerprint density at radius 2 is 1.43 bits per heavy atom. The van der Waals surface area contributed by atoms with E-state index >= 15 is 0 Å². The van der Waals surface area contributed by atoms with E-state index < -0.39 is 35.9 Å². The second-order valence-electron chi connectivity index (χ2n) is 5.82. The van der Waals surface area contributed by atoms with Gasteiger partial charge in [0.1, 0.15) is 9.79 Å². The molecule has 0 bridgehead atoms. The standard InChI is InChI=1S/C17H14N2O7S2.2Na/c18-11-4-1-3-10(9-11)17(20)19-13-7-8-14(27(21,22)23)12-5-2-6-15(16(12)13)28(24,25)26;;/h1-9H,18H2,(H,19,20)(H,21,22,23)(H,24,25,26);;. The molecule has 5 N–H and O–H groups in total. The summed E-state index contributed by atoms with van der Waals surface area (Å²) in [7, 11) is -9.47.